The van der Waals surface area contributed by atoms with Crippen molar-refractivity contribution in [3.05, 3.63) is 88.2 Å². The molecular formula is C31H30ClF4N3O4S. The summed E-state index contributed by atoms with van der Waals surface area (Å²) < 4.78 is 89.5. The lowest BCUT2D eigenvalue weighted by molar-refractivity contribution is -0.144. The number of fused-ring (bicyclic) bond motifs is 3. The third-order valence-corrected chi connectivity index (χ3v) is 9.76. The van der Waals surface area contributed by atoms with Crippen LogP contribution in [-0.2, 0) is 25.7 Å². The minimum Gasteiger partial charge on any atom is -0.465 e. The Balaban J connectivity index is 1.58. The van der Waals surface area contributed by atoms with E-state index in [4.69, 9.17) is 16.3 Å². The highest BCUT2D eigenvalue weighted by Gasteiger charge is 2.41. The van der Waals surface area contributed by atoms with Crippen LogP contribution in [0.2, 0.25) is 5.02 Å². The van der Waals surface area contributed by atoms with Gasteiger partial charge in [0, 0.05) is 25.2 Å². The minimum absolute atomic E-state index is 0.0348. The van der Waals surface area contributed by atoms with Gasteiger partial charge in [0.25, 0.3) is 10.0 Å². The van der Waals surface area contributed by atoms with E-state index in [1.54, 1.807) is 44.2 Å². The second kappa shape index (κ2) is 12.4. The van der Waals surface area contributed by atoms with E-state index in [2.05, 4.69) is 0 Å². The van der Waals surface area contributed by atoms with E-state index in [1.807, 2.05) is 9.80 Å². The molecule has 234 valence electrons. The van der Waals surface area contributed by atoms with Crippen molar-refractivity contribution < 1.29 is 35.5 Å². The number of rotatable bonds is 7. The second-order valence-corrected chi connectivity index (χ2v) is 12.9. The van der Waals surface area contributed by atoms with Gasteiger partial charge in [-0.05, 0) is 67.4 Å². The molecule has 0 aliphatic carbocycles. The number of hydrogen-bond donors (Lipinski definition) is 0. The van der Waals surface area contributed by atoms with E-state index >= 15 is 0 Å². The van der Waals surface area contributed by atoms with Gasteiger partial charge in [-0.25, -0.2) is 12.8 Å². The van der Waals surface area contributed by atoms with Crippen LogP contribution in [0.1, 0.15) is 30.5 Å². The largest absolute Gasteiger partial charge is 0.465 e. The summed E-state index contributed by atoms with van der Waals surface area (Å²) in [5.74, 6) is -0.908. The summed E-state index contributed by atoms with van der Waals surface area (Å²) in [6, 6.07) is 12.7. The number of piperazine rings is 1. The van der Waals surface area contributed by atoms with Gasteiger partial charge < -0.3 is 9.64 Å². The summed E-state index contributed by atoms with van der Waals surface area (Å²) in [5.41, 5.74) is 1.03. The maximum atomic E-state index is 14.6. The summed E-state index contributed by atoms with van der Waals surface area (Å²) in [6.45, 7) is 4.91. The number of hydrogen-bond acceptors (Lipinski definition) is 6. The molecule has 0 saturated carbocycles. The van der Waals surface area contributed by atoms with Crippen LogP contribution in [0.15, 0.2) is 65.6 Å². The van der Waals surface area contributed by atoms with E-state index in [0.29, 0.717) is 42.5 Å². The Hall–Kier alpha value is -3.61. The van der Waals surface area contributed by atoms with Gasteiger partial charge in [0.05, 0.1) is 52.6 Å². The van der Waals surface area contributed by atoms with Gasteiger partial charge in [0.2, 0.25) is 0 Å². The number of alkyl halides is 3. The molecule has 0 bridgehead atoms. The number of anilines is 2. The average molecular weight is 652 g/mol. The quantitative estimate of drug-likeness (QED) is 0.169. The van der Waals surface area contributed by atoms with Crippen molar-refractivity contribution in [2.75, 3.05) is 48.5 Å². The number of ether oxygens (including phenoxy) is 1. The normalized spacial score (nSPS) is 17.7. The Morgan fingerprint density at radius 2 is 1.80 bits per heavy atom. The Kier molecular flexibility index (Phi) is 8.97. The zero-order valence-electron chi connectivity index (χ0n) is 23.9. The van der Waals surface area contributed by atoms with Crippen LogP contribution >= 0.6 is 11.6 Å². The molecule has 2 heterocycles. The fraction of sp³-hybridized carbons (Fsp3) is 0.323. The summed E-state index contributed by atoms with van der Waals surface area (Å²) in [4.78, 5) is 15.6. The molecule has 3 aromatic carbocycles. The van der Waals surface area contributed by atoms with Crippen molar-refractivity contribution in [2.24, 2.45) is 0 Å². The summed E-state index contributed by atoms with van der Waals surface area (Å²) in [6.07, 6.45) is -3.06. The second-order valence-electron chi connectivity index (χ2n) is 10.6. The Labute approximate surface area is 258 Å². The summed E-state index contributed by atoms with van der Waals surface area (Å²) in [5, 5.41) is 0.217. The fourth-order valence-corrected chi connectivity index (χ4v) is 7.54. The highest BCUT2D eigenvalue weighted by atomic mass is 35.5. The topological polar surface area (TPSA) is 70.2 Å². The monoisotopic (exact) mass is 651 g/mol. The zero-order valence-corrected chi connectivity index (χ0v) is 25.5. The molecule has 3 aromatic rings. The molecule has 1 fully saturated rings. The van der Waals surface area contributed by atoms with Gasteiger partial charge in [-0.2, -0.15) is 13.2 Å². The number of carbonyl (C=O) groups excluding carboxylic acids is 1. The molecule has 2 aliphatic heterocycles. The van der Waals surface area contributed by atoms with Gasteiger partial charge in [0.15, 0.2) is 0 Å². The molecule has 44 heavy (non-hydrogen) atoms. The molecule has 0 aromatic heterocycles. The molecule has 1 saturated heterocycles. The number of nitrogens with zero attached hydrogens (tertiary/aromatic N) is 3. The van der Waals surface area contributed by atoms with Crippen LogP contribution in [0.5, 0.6) is 0 Å². The first kappa shape index (κ1) is 31.8. The van der Waals surface area contributed by atoms with Gasteiger partial charge in [0.1, 0.15) is 5.82 Å². The van der Waals surface area contributed by atoms with Crippen molar-refractivity contribution >= 4 is 50.6 Å². The molecule has 2 aliphatic rings. The maximum Gasteiger partial charge on any atom is 0.416 e. The van der Waals surface area contributed by atoms with Crippen LogP contribution in [0, 0.1) is 5.82 Å². The highest BCUT2D eigenvalue weighted by Crippen LogP contribution is 2.42. The lowest BCUT2D eigenvalue weighted by Crippen LogP contribution is -2.61. The Bertz CT molecular complexity index is 1690. The lowest BCUT2D eigenvalue weighted by Gasteiger charge is -2.49. The van der Waals surface area contributed by atoms with Gasteiger partial charge in [-0.3, -0.25) is 14.0 Å². The van der Waals surface area contributed by atoms with Crippen LogP contribution in [-0.4, -0.2) is 64.7 Å². The standard InChI is InChI=1S/C31H30ClF4N3O4S/c1-3-43-29(40)19-37-12-13-38-23(17-37)18-39(44(41,42)24-7-4-6-22(16-24)31(34,35)36)28-15-21(10-11-27(28)38)14-20(2)30-25(32)8-5-9-26(30)33/h4-11,14-16,23H,3,12-13,17-19H2,1-2H3/b20-14+/t23-/m0/s1. The minimum atomic E-state index is -4.73. The first-order chi connectivity index (χ1) is 20.8. The first-order valence-corrected chi connectivity index (χ1v) is 15.7. The molecule has 0 N–H and O–H groups in total. The van der Waals surface area contributed by atoms with E-state index in [-0.39, 0.29) is 36.0 Å². The molecular weight excluding hydrogens is 622 g/mol. The summed E-state index contributed by atoms with van der Waals surface area (Å²) >= 11 is 6.25. The SMILES string of the molecule is CCOC(=O)CN1CCN2c3ccc(/C=C(\C)c4c(F)cccc4Cl)cc3N(S(=O)(=O)c3cccc(C(F)(F)F)c3)C[C@@H]2C1. The van der Waals surface area contributed by atoms with Crippen molar-refractivity contribution in [2.45, 2.75) is 31.0 Å². The number of carbonyl (C=O) groups is 1. The van der Waals surface area contributed by atoms with Crippen molar-refractivity contribution in [3.63, 3.8) is 0 Å². The number of esters is 1. The molecule has 0 spiro atoms. The predicted molar refractivity (Wildman–Crippen MR) is 162 cm³/mol. The molecule has 0 radical (unpaired) electrons. The lowest BCUT2D eigenvalue weighted by atomic mass is 10.0. The van der Waals surface area contributed by atoms with E-state index in [9.17, 15) is 30.8 Å². The van der Waals surface area contributed by atoms with Crippen molar-refractivity contribution in [1.29, 1.82) is 0 Å². The van der Waals surface area contributed by atoms with Crippen molar-refractivity contribution in [3.8, 4) is 0 Å². The van der Waals surface area contributed by atoms with Gasteiger partial charge in [-0.15, -0.1) is 0 Å². The Morgan fingerprint density at radius 3 is 2.50 bits per heavy atom. The van der Waals surface area contributed by atoms with E-state index in [0.717, 1.165) is 22.5 Å². The number of allylic oxidation sites excluding steroid dienone is 1. The maximum absolute atomic E-state index is 14.6. The molecule has 13 heteroatoms. The summed E-state index contributed by atoms with van der Waals surface area (Å²) in [7, 11) is -4.47. The molecule has 0 unspecified atom stereocenters. The predicted octanol–water partition coefficient (Wildman–Crippen LogP) is 6.32. The van der Waals surface area contributed by atoms with Gasteiger partial charge >= 0.3 is 12.1 Å². The molecule has 5 rings (SSSR count). The van der Waals surface area contributed by atoms with Crippen LogP contribution in [0.4, 0.5) is 28.9 Å². The fourth-order valence-electron chi connectivity index (χ4n) is 5.67. The highest BCUT2D eigenvalue weighted by molar-refractivity contribution is 7.92. The number of sulfonamides is 1. The zero-order chi connectivity index (χ0) is 31.8. The Morgan fingerprint density at radius 1 is 1.05 bits per heavy atom. The molecule has 7 nitrogen and oxygen atoms in total. The first-order valence-electron chi connectivity index (χ1n) is 13.9. The van der Waals surface area contributed by atoms with E-state index < -0.39 is 44.5 Å². The van der Waals surface area contributed by atoms with Crippen molar-refractivity contribution in [1.82, 2.24) is 4.90 Å². The number of halogens is 5. The average Bonchev–Trinajstić information content (AvgIpc) is 2.96. The number of benzene rings is 3. The smallest absolute Gasteiger partial charge is 0.416 e. The molecule has 1 atom stereocenters. The van der Waals surface area contributed by atoms with E-state index in [1.165, 1.54) is 12.1 Å². The van der Waals surface area contributed by atoms with Gasteiger partial charge in [-0.1, -0.05) is 35.9 Å². The van der Waals surface area contributed by atoms with Crippen LogP contribution < -0.4 is 9.21 Å². The molecule has 0 amide bonds. The van der Waals surface area contributed by atoms with Crippen LogP contribution in [0.25, 0.3) is 11.6 Å². The third-order valence-electron chi connectivity index (χ3n) is 7.67. The van der Waals surface area contributed by atoms with Crippen LogP contribution in [0.3, 0.4) is 0 Å². The third kappa shape index (κ3) is 6.43.